The smallest absolute Gasteiger partial charge is 0.311 e. The molecular weight excluding hydrogens is 435 g/mol. The standard InChI is InChI=1S/C23H27FN2O5S/c1-17(22(27)25-14-13-18-6-3-2-4-7-18)31-23(28)19-8-5-15-26(16-19)32(29,30)21-11-9-20(24)10-12-21/h2-4,6-7,9-12,17,19H,5,8,13-16H2,1H3,(H,25,27). The van der Waals surface area contributed by atoms with E-state index in [4.69, 9.17) is 4.74 Å². The van der Waals surface area contributed by atoms with Crippen LogP contribution in [0.25, 0.3) is 0 Å². The second-order valence-electron chi connectivity index (χ2n) is 7.76. The topological polar surface area (TPSA) is 92.8 Å². The third kappa shape index (κ3) is 6.14. The van der Waals surface area contributed by atoms with Gasteiger partial charge in [-0.2, -0.15) is 4.31 Å². The fourth-order valence-electron chi connectivity index (χ4n) is 3.55. The Morgan fingerprint density at radius 3 is 2.53 bits per heavy atom. The van der Waals surface area contributed by atoms with Gasteiger partial charge in [-0.15, -0.1) is 0 Å². The Balaban J connectivity index is 1.51. The zero-order chi connectivity index (χ0) is 23.1. The highest BCUT2D eigenvalue weighted by Crippen LogP contribution is 2.25. The monoisotopic (exact) mass is 462 g/mol. The first kappa shape index (κ1) is 23.9. The molecule has 0 spiro atoms. The average molecular weight is 463 g/mol. The molecule has 0 radical (unpaired) electrons. The third-order valence-corrected chi connectivity index (χ3v) is 7.27. The van der Waals surface area contributed by atoms with Gasteiger partial charge in [0.2, 0.25) is 10.0 Å². The van der Waals surface area contributed by atoms with E-state index in [2.05, 4.69) is 5.32 Å². The molecule has 2 unspecified atom stereocenters. The summed E-state index contributed by atoms with van der Waals surface area (Å²) < 4.78 is 45.3. The van der Waals surface area contributed by atoms with Gasteiger partial charge in [-0.3, -0.25) is 9.59 Å². The minimum atomic E-state index is -3.85. The number of nitrogens with zero attached hydrogens (tertiary/aromatic N) is 1. The summed E-state index contributed by atoms with van der Waals surface area (Å²) in [5, 5.41) is 2.75. The molecule has 1 fully saturated rings. The van der Waals surface area contributed by atoms with E-state index in [1.165, 1.54) is 23.4 Å². The number of hydrogen-bond donors (Lipinski definition) is 1. The van der Waals surface area contributed by atoms with Crippen molar-refractivity contribution in [2.75, 3.05) is 19.6 Å². The van der Waals surface area contributed by atoms with Crippen LogP contribution in [0.4, 0.5) is 4.39 Å². The summed E-state index contributed by atoms with van der Waals surface area (Å²) in [6, 6.07) is 14.3. The molecule has 0 aliphatic carbocycles. The molecule has 1 heterocycles. The highest BCUT2D eigenvalue weighted by molar-refractivity contribution is 7.89. The molecule has 1 N–H and O–H groups in total. The van der Waals surface area contributed by atoms with Crippen LogP contribution in [0.5, 0.6) is 0 Å². The molecule has 32 heavy (non-hydrogen) atoms. The van der Waals surface area contributed by atoms with Crippen molar-refractivity contribution < 1.29 is 27.1 Å². The summed E-state index contributed by atoms with van der Waals surface area (Å²) in [5.74, 6) is -2.20. The highest BCUT2D eigenvalue weighted by atomic mass is 32.2. The number of carbonyl (C=O) groups excluding carboxylic acids is 2. The van der Waals surface area contributed by atoms with Crippen LogP contribution in [0.2, 0.25) is 0 Å². The number of piperidine rings is 1. The van der Waals surface area contributed by atoms with Crippen molar-refractivity contribution >= 4 is 21.9 Å². The SMILES string of the molecule is CC(OC(=O)C1CCCN(S(=O)(=O)c2ccc(F)cc2)C1)C(=O)NCCc1ccccc1. The van der Waals surface area contributed by atoms with Gasteiger partial charge in [-0.05, 0) is 56.0 Å². The number of sulfonamides is 1. The molecule has 7 nitrogen and oxygen atoms in total. The molecule has 9 heteroatoms. The number of nitrogens with one attached hydrogen (secondary N) is 1. The molecule has 1 amide bonds. The molecule has 2 atom stereocenters. The number of carbonyl (C=O) groups is 2. The summed E-state index contributed by atoms with van der Waals surface area (Å²) in [7, 11) is -3.85. The van der Waals surface area contributed by atoms with E-state index in [0.717, 1.165) is 17.7 Å². The summed E-state index contributed by atoms with van der Waals surface area (Å²) in [5.41, 5.74) is 1.09. The fourth-order valence-corrected chi connectivity index (χ4v) is 5.07. The van der Waals surface area contributed by atoms with Crippen molar-refractivity contribution in [3.8, 4) is 0 Å². The summed E-state index contributed by atoms with van der Waals surface area (Å²) in [4.78, 5) is 24.8. The number of esters is 1. The number of hydrogen-bond acceptors (Lipinski definition) is 5. The van der Waals surface area contributed by atoms with Crippen LogP contribution in [0, 0.1) is 11.7 Å². The number of halogens is 1. The van der Waals surface area contributed by atoms with Crippen molar-refractivity contribution in [2.45, 2.75) is 37.2 Å². The summed E-state index contributed by atoms with van der Waals surface area (Å²) in [6.07, 6.45) is 0.628. The van der Waals surface area contributed by atoms with E-state index < -0.39 is 39.7 Å². The Hall–Kier alpha value is -2.78. The van der Waals surface area contributed by atoms with Crippen molar-refractivity contribution in [3.63, 3.8) is 0 Å². The Bertz CT molecular complexity index is 1030. The van der Waals surface area contributed by atoms with Gasteiger partial charge < -0.3 is 10.1 Å². The number of benzene rings is 2. The third-order valence-electron chi connectivity index (χ3n) is 5.39. The molecule has 1 aliphatic rings. The Morgan fingerprint density at radius 1 is 1.16 bits per heavy atom. The van der Waals surface area contributed by atoms with Gasteiger partial charge in [0.05, 0.1) is 10.8 Å². The molecule has 0 aromatic heterocycles. The lowest BCUT2D eigenvalue weighted by atomic mass is 10.00. The lowest BCUT2D eigenvalue weighted by Gasteiger charge is -2.31. The Morgan fingerprint density at radius 2 is 1.84 bits per heavy atom. The van der Waals surface area contributed by atoms with Crippen LogP contribution < -0.4 is 5.32 Å². The van der Waals surface area contributed by atoms with Gasteiger partial charge in [0.1, 0.15) is 5.82 Å². The molecule has 1 saturated heterocycles. The van der Waals surface area contributed by atoms with E-state index >= 15 is 0 Å². The van der Waals surface area contributed by atoms with E-state index in [0.29, 0.717) is 25.8 Å². The van der Waals surface area contributed by atoms with Crippen LogP contribution in [0.15, 0.2) is 59.5 Å². The van der Waals surface area contributed by atoms with E-state index in [9.17, 15) is 22.4 Å². The van der Waals surface area contributed by atoms with Gasteiger partial charge in [-0.25, -0.2) is 12.8 Å². The van der Waals surface area contributed by atoms with E-state index in [-0.39, 0.29) is 18.0 Å². The first-order chi connectivity index (χ1) is 15.3. The zero-order valence-corrected chi connectivity index (χ0v) is 18.7. The fraction of sp³-hybridized carbons (Fsp3) is 0.391. The number of rotatable bonds is 8. The van der Waals surface area contributed by atoms with Crippen LogP contribution in [0.1, 0.15) is 25.3 Å². The van der Waals surface area contributed by atoms with Crippen LogP contribution in [-0.2, 0) is 30.8 Å². The molecule has 172 valence electrons. The predicted molar refractivity (Wildman–Crippen MR) is 117 cm³/mol. The van der Waals surface area contributed by atoms with Crippen molar-refractivity contribution in [1.29, 1.82) is 0 Å². The average Bonchev–Trinajstić information content (AvgIpc) is 2.80. The molecule has 2 aromatic carbocycles. The Labute approximate surface area is 187 Å². The number of amides is 1. The van der Waals surface area contributed by atoms with E-state index in [1.54, 1.807) is 0 Å². The summed E-state index contributed by atoms with van der Waals surface area (Å²) >= 11 is 0. The van der Waals surface area contributed by atoms with Crippen molar-refractivity contribution in [3.05, 3.63) is 66.0 Å². The first-order valence-corrected chi connectivity index (χ1v) is 12.0. The van der Waals surface area contributed by atoms with Gasteiger partial charge in [-0.1, -0.05) is 30.3 Å². The van der Waals surface area contributed by atoms with Gasteiger partial charge in [0.15, 0.2) is 6.10 Å². The maximum atomic E-state index is 13.1. The zero-order valence-electron chi connectivity index (χ0n) is 17.9. The minimum absolute atomic E-state index is 0.0286. The van der Waals surface area contributed by atoms with E-state index in [1.807, 2.05) is 30.3 Å². The molecule has 3 rings (SSSR count). The second kappa shape index (κ2) is 10.7. The second-order valence-corrected chi connectivity index (χ2v) is 9.70. The van der Waals surface area contributed by atoms with Crippen molar-refractivity contribution in [1.82, 2.24) is 9.62 Å². The van der Waals surface area contributed by atoms with Crippen LogP contribution >= 0.6 is 0 Å². The lowest BCUT2D eigenvalue weighted by Crippen LogP contribution is -2.44. The lowest BCUT2D eigenvalue weighted by molar-refractivity contribution is -0.159. The molecule has 1 aliphatic heterocycles. The maximum Gasteiger partial charge on any atom is 0.311 e. The van der Waals surface area contributed by atoms with Gasteiger partial charge in [0.25, 0.3) is 5.91 Å². The normalized spacial score (nSPS) is 18.0. The first-order valence-electron chi connectivity index (χ1n) is 10.5. The summed E-state index contributed by atoms with van der Waals surface area (Å²) in [6.45, 7) is 2.13. The van der Waals surface area contributed by atoms with Gasteiger partial charge in [0, 0.05) is 19.6 Å². The van der Waals surface area contributed by atoms with Crippen LogP contribution in [-0.4, -0.2) is 50.3 Å². The van der Waals surface area contributed by atoms with Gasteiger partial charge >= 0.3 is 5.97 Å². The minimum Gasteiger partial charge on any atom is -0.452 e. The number of ether oxygens (including phenoxy) is 1. The quantitative estimate of drug-likeness (QED) is 0.609. The largest absolute Gasteiger partial charge is 0.452 e. The van der Waals surface area contributed by atoms with Crippen LogP contribution in [0.3, 0.4) is 0 Å². The van der Waals surface area contributed by atoms with Crippen molar-refractivity contribution in [2.24, 2.45) is 5.92 Å². The maximum absolute atomic E-state index is 13.1. The molecule has 0 saturated carbocycles. The molecule has 0 bridgehead atoms. The molecular formula is C23H27FN2O5S. The predicted octanol–water partition coefficient (Wildman–Crippen LogP) is 2.52. The Kier molecular flexibility index (Phi) is 7.98. The molecule has 2 aromatic rings. The highest BCUT2D eigenvalue weighted by Gasteiger charge is 2.35.